The second kappa shape index (κ2) is 5.78. The van der Waals surface area contributed by atoms with Crippen LogP contribution in [0.15, 0.2) is 12.5 Å². The van der Waals surface area contributed by atoms with Crippen molar-refractivity contribution in [2.24, 2.45) is 0 Å². The van der Waals surface area contributed by atoms with E-state index in [0.717, 1.165) is 0 Å². The zero-order valence-corrected chi connectivity index (χ0v) is 10.3. The first kappa shape index (κ1) is 13.7. The Labute approximate surface area is 99.5 Å². The SMILES string of the molecule is CCCS(=O)(=O)NCCn1cnc(C(=O)O)c1. The fraction of sp³-hybridized carbons (Fsp3) is 0.556. The van der Waals surface area contributed by atoms with Gasteiger partial charge in [-0.25, -0.2) is 22.9 Å². The number of imidazole rings is 1. The van der Waals surface area contributed by atoms with Crippen LogP contribution in [0.3, 0.4) is 0 Å². The first-order valence-electron chi connectivity index (χ1n) is 5.17. The van der Waals surface area contributed by atoms with Crippen LogP contribution in [0.4, 0.5) is 0 Å². The van der Waals surface area contributed by atoms with E-state index in [1.807, 2.05) is 0 Å². The van der Waals surface area contributed by atoms with Gasteiger partial charge in [-0.05, 0) is 6.42 Å². The molecular formula is C9H15N3O4S. The Kier molecular flexibility index (Phi) is 4.64. The highest BCUT2D eigenvalue weighted by Gasteiger charge is 2.09. The molecule has 0 aliphatic carbocycles. The van der Waals surface area contributed by atoms with Gasteiger partial charge < -0.3 is 9.67 Å². The minimum atomic E-state index is -3.21. The molecule has 0 amide bonds. The van der Waals surface area contributed by atoms with E-state index in [1.165, 1.54) is 17.1 Å². The summed E-state index contributed by atoms with van der Waals surface area (Å²) in [6.07, 6.45) is 3.28. The fourth-order valence-electron chi connectivity index (χ4n) is 1.26. The third-order valence-electron chi connectivity index (χ3n) is 2.02. The van der Waals surface area contributed by atoms with Crippen LogP contribution in [0.1, 0.15) is 23.8 Å². The second-order valence-electron chi connectivity index (χ2n) is 3.52. The molecule has 1 aromatic rings. The third kappa shape index (κ3) is 4.53. The Hall–Kier alpha value is -1.41. The summed E-state index contributed by atoms with van der Waals surface area (Å²) in [5.41, 5.74) is -0.0542. The summed E-state index contributed by atoms with van der Waals surface area (Å²) >= 11 is 0. The van der Waals surface area contributed by atoms with Crippen molar-refractivity contribution in [3.8, 4) is 0 Å². The van der Waals surface area contributed by atoms with E-state index in [1.54, 1.807) is 6.92 Å². The van der Waals surface area contributed by atoms with Gasteiger partial charge in [-0.3, -0.25) is 0 Å². The quantitative estimate of drug-likeness (QED) is 0.714. The molecule has 7 nitrogen and oxygen atoms in total. The van der Waals surface area contributed by atoms with Crippen LogP contribution in [0.2, 0.25) is 0 Å². The van der Waals surface area contributed by atoms with Crippen molar-refractivity contribution in [3.63, 3.8) is 0 Å². The number of rotatable bonds is 7. The third-order valence-corrected chi connectivity index (χ3v) is 3.61. The minimum absolute atomic E-state index is 0.0542. The normalized spacial score (nSPS) is 11.6. The van der Waals surface area contributed by atoms with Gasteiger partial charge in [0.15, 0.2) is 5.69 Å². The number of hydrogen-bond acceptors (Lipinski definition) is 4. The van der Waals surface area contributed by atoms with Gasteiger partial charge in [0.05, 0.1) is 12.1 Å². The summed E-state index contributed by atoms with van der Waals surface area (Å²) in [5.74, 6) is -1.01. The Morgan fingerprint density at radius 2 is 2.29 bits per heavy atom. The van der Waals surface area contributed by atoms with Gasteiger partial charge in [0.25, 0.3) is 0 Å². The first-order valence-corrected chi connectivity index (χ1v) is 6.82. The summed E-state index contributed by atoms with van der Waals surface area (Å²) in [5, 5.41) is 8.64. The molecule has 0 saturated heterocycles. The average molecular weight is 261 g/mol. The lowest BCUT2D eigenvalue weighted by Crippen LogP contribution is -2.29. The van der Waals surface area contributed by atoms with E-state index in [2.05, 4.69) is 9.71 Å². The van der Waals surface area contributed by atoms with Gasteiger partial charge in [-0.1, -0.05) is 6.92 Å². The summed E-state index contributed by atoms with van der Waals surface area (Å²) in [7, 11) is -3.21. The molecule has 0 aliphatic rings. The fourth-order valence-corrected chi connectivity index (χ4v) is 2.35. The Morgan fingerprint density at radius 3 is 2.82 bits per heavy atom. The molecule has 2 N–H and O–H groups in total. The number of carboxylic acids is 1. The number of aromatic carboxylic acids is 1. The molecule has 0 aromatic carbocycles. The monoisotopic (exact) mass is 261 g/mol. The number of nitrogens with one attached hydrogen (secondary N) is 1. The first-order chi connectivity index (χ1) is 7.94. The average Bonchev–Trinajstić information content (AvgIpc) is 2.66. The van der Waals surface area contributed by atoms with E-state index in [0.29, 0.717) is 13.0 Å². The predicted molar refractivity (Wildman–Crippen MR) is 61.3 cm³/mol. The summed E-state index contributed by atoms with van der Waals surface area (Å²) < 4.78 is 26.6. The molecule has 0 aliphatic heterocycles. The van der Waals surface area contributed by atoms with Crippen LogP contribution in [0, 0.1) is 0 Å². The van der Waals surface area contributed by atoms with Crippen molar-refractivity contribution < 1.29 is 18.3 Å². The minimum Gasteiger partial charge on any atom is -0.476 e. The van der Waals surface area contributed by atoms with Gasteiger partial charge in [0.1, 0.15) is 0 Å². The molecule has 1 aromatic heterocycles. The van der Waals surface area contributed by atoms with Gasteiger partial charge in [-0.2, -0.15) is 0 Å². The standard InChI is InChI=1S/C9H15N3O4S/c1-2-5-17(15,16)11-3-4-12-6-8(9(13)14)10-7-12/h6-7,11H,2-5H2,1H3,(H,13,14). The topological polar surface area (TPSA) is 101 Å². The second-order valence-corrected chi connectivity index (χ2v) is 5.44. The number of hydrogen-bond donors (Lipinski definition) is 2. The van der Waals surface area contributed by atoms with E-state index < -0.39 is 16.0 Å². The van der Waals surface area contributed by atoms with Crippen molar-refractivity contribution in [1.82, 2.24) is 14.3 Å². The zero-order valence-electron chi connectivity index (χ0n) is 9.46. The Morgan fingerprint density at radius 1 is 1.59 bits per heavy atom. The molecule has 0 radical (unpaired) electrons. The maximum absolute atomic E-state index is 11.3. The molecule has 0 bridgehead atoms. The molecule has 17 heavy (non-hydrogen) atoms. The van der Waals surface area contributed by atoms with Gasteiger partial charge in [0, 0.05) is 19.3 Å². The van der Waals surface area contributed by atoms with Crippen LogP contribution in [0.5, 0.6) is 0 Å². The van der Waals surface area contributed by atoms with E-state index in [4.69, 9.17) is 5.11 Å². The molecule has 0 fully saturated rings. The maximum Gasteiger partial charge on any atom is 0.356 e. The van der Waals surface area contributed by atoms with E-state index in [9.17, 15) is 13.2 Å². The summed E-state index contributed by atoms with van der Waals surface area (Å²) in [4.78, 5) is 14.2. The van der Waals surface area contributed by atoms with Crippen LogP contribution in [-0.4, -0.2) is 41.3 Å². The molecule has 0 saturated carbocycles. The van der Waals surface area contributed by atoms with Gasteiger partial charge in [0.2, 0.25) is 10.0 Å². The van der Waals surface area contributed by atoms with Crippen LogP contribution < -0.4 is 4.72 Å². The van der Waals surface area contributed by atoms with Crippen molar-refractivity contribution in [1.29, 1.82) is 0 Å². The summed E-state index contributed by atoms with van der Waals surface area (Å²) in [6.45, 7) is 2.36. The highest BCUT2D eigenvalue weighted by atomic mass is 32.2. The molecule has 96 valence electrons. The van der Waals surface area contributed by atoms with Crippen LogP contribution in [0.25, 0.3) is 0 Å². The highest BCUT2D eigenvalue weighted by Crippen LogP contribution is 1.96. The van der Waals surface area contributed by atoms with Gasteiger partial charge >= 0.3 is 5.97 Å². The van der Waals surface area contributed by atoms with Crippen molar-refractivity contribution in [2.75, 3.05) is 12.3 Å². The molecular weight excluding hydrogens is 246 g/mol. The van der Waals surface area contributed by atoms with Crippen LogP contribution in [-0.2, 0) is 16.6 Å². The molecule has 0 atom stereocenters. The van der Waals surface area contributed by atoms with Crippen LogP contribution >= 0.6 is 0 Å². The van der Waals surface area contributed by atoms with Crippen molar-refractivity contribution in [2.45, 2.75) is 19.9 Å². The number of sulfonamides is 1. The number of carbonyl (C=O) groups is 1. The maximum atomic E-state index is 11.3. The predicted octanol–water partition coefficient (Wildman–Crippen LogP) is -0.0893. The largest absolute Gasteiger partial charge is 0.476 e. The lowest BCUT2D eigenvalue weighted by atomic mass is 10.5. The zero-order chi connectivity index (χ0) is 12.9. The van der Waals surface area contributed by atoms with E-state index in [-0.39, 0.29) is 18.0 Å². The lowest BCUT2D eigenvalue weighted by molar-refractivity contribution is 0.0691. The van der Waals surface area contributed by atoms with E-state index >= 15 is 0 Å². The smallest absolute Gasteiger partial charge is 0.356 e. The van der Waals surface area contributed by atoms with Crippen molar-refractivity contribution >= 4 is 16.0 Å². The molecule has 1 rings (SSSR count). The number of aromatic nitrogens is 2. The molecule has 0 unspecified atom stereocenters. The number of carboxylic acid groups (broad SMARTS) is 1. The Bertz CT molecular complexity index is 480. The Balaban J connectivity index is 2.43. The summed E-state index contributed by atoms with van der Waals surface area (Å²) in [6, 6.07) is 0. The van der Waals surface area contributed by atoms with Crippen molar-refractivity contribution in [3.05, 3.63) is 18.2 Å². The van der Waals surface area contributed by atoms with Gasteiger partial charge in [-0.15, -0.1) is 0 Å². The molecule has 0 spiro atoms. The number of nitrogens with zero attached hydrogens (tertiary/aromatic N) is 2. The lowest BCUT2D eigenvalue weighted by Gasteiger charge is -2.05. The highest BCUT2D eigenvalue weighted by molar-refractivity contribution is 7.89. The molecule has 1 heterocycles. The molecule has 8 heteroatoms.